The maximum atomic E-state index is 12.8. The lowest BCUT2D eigenvalue weighted by molar-refractivity contribution is 0.0702. The zero-order chi connectivity index (χ0) is 13.4. The number of carboxylic acids is 1. The van der Waals surface area contributed by atoms with E-state index in [2.05, 4.69) is 10.2 Å². The average molecular weight is 277 g/mol. The van der Waals surface area contributed by atoms with E-state index in [9.17, 15) is 9.18 Å². The summed E-state index contributed by atoms with van der Waals surface area (Å²) in [5, 5.41) is 16.9. The number of aromatic nitrogens is 3. The molecule has 2 aromatic heterocycles. The lowest BCUT2D eigenvalue weighted by Crippen LogP contribution is -1.96. The van der Waals surface area contributed by atoms with Gasteiger partial charge in [-0.15, -0.1) is 10.2 Å². The van der Waals surface area contributed by atoms with E-state index in [1.807, 2.05) is 0 Å². The third-order valence-corrected chi connectivity index (χ3v) is 3.63. The fourth-order valence-corrected chi connectivity index (χ4v) is 2.53. The van der Waals surface area contributed by atoms with Crippen molar-refractivity contribution in [2.24, 2.45) is 0 Å². The zero-order valence-corrected chi connectivity index (χ0v) is 10.4. The molecule has 0 amide bonds. The smallest absolute Gasteiger partial charge is 0.347 e. The largest absolute Gasteiger partial charge is 0.477 e. The number of rotatable bonds is 3. The SMILES string of the molecule is O=C(O)c1cn2c(Cc3ccc(F)cc3)nnc2s1. The highest BCUT2D eigenvalue weighted by molar-refractivity contribution is 7.18. The molecule has 19 heavy (non-hydrogen) atoms. The molecular formula is C12H8FN3O2S. The van der Waals surface area contributed by atoms with Crippen LogP contribution in [0.15, 0.2) is 30.5 Å². The number of hydrogen-bond donors (Lipinski definition) is 1. The molecule has 0 aliphatic rings. The van der Waals surface area contributed by atoms with E-state index in [1.54, 1.807) is 16.5 Å². The summed E-state index contributed by atoms with van der Waals surface area (Å²) < 4.78 is 14.5. The zero-order valence-electron chi connectivity index (χ0n) is 9.58. The third kappa shape index (κ3) is 2.19. The van der Waals surface area contributed by atoms with Crippen molar-refractivity contribution in [1.82, 2.24) is 14.6 Å². The van der Waals surface area contributed by atoms with Gasteiger partial charge in [0.2, 0.25) is 4.96 Å². The van der Waals surface area contributed by atoms with Gasteiger partial charge in [-0.05, 0) is 17.7 Å². The Morgan fingerprint density at radius 2 is 2.05 bits per heavy atom. The molecule has 5 nitrogen and oxygen atoms in total. The molecule has 0 saturated carbocycles. The van der Waals surface area contributed by atoms with Gasteiger partial charge in [0.25, 0.3) is 0 Å². The van der Waals surface area contributed by atoms with Gasteiger partial charge < -0.3 is 5.11 Å². The van der Waals surface area contributed by atoms with Crippen LogP contribution < -0.4 is 0 Å². The number of thiazole rings is 1. The Morgan fingerprint density at radius 3 is 2.74 bits per heavy atom. The minimum Gasteiger partial charge on any atom is -0.477 e. The molecule has 0 bridgehead atoms. The van der Waals surface area contributed by atoms with E-state index >= 15 is 0 Å². The highest BCUT2D eigenvalue weighted by atomic mass is 32.1. The number of carboxylic acid groups (broad SMARTS) is 1. The fraction of sp³-hybridized carbons (Fsp3) is 0.0833. The summed E-state index contributed by atoms with van der Waals surface area (Å²) in [6.45, 7) is 0. The minimum atomic E-state index is -0.983. The van der Waals surface area contributed by atoms with Crippen LogP contribution in [0.1, 0.15) is 21.1 Å². The summed E-state index contributed by atoms with van der Waals surface area (Å²) in [6.07, 6.45) is 1.97. The van der Waals surface area contributed by atoms with Gasteiger partial charge in [-0.1, -0.05) is 23.5 Å². The minimum absolute atomic E-state index is 0.213. The van der Waals surface area contributed by atoms with Crippen LogP contribution in [0.5, 0.6) is 0 Å². The Morgan fingerprint density at radius 1 is 1.32 bits per heavy atom. The normalized spacial score (nSPS) is 11.0. The monoisotopic (exact) mass is 277 g/mol. The van der Waals surface area contributed by atoms with Crippen molar-refractivity contribution >= 4 is 22.3 Å². The molecule has 1 aromatic carbocycles. The summed E-state index contributed by atoms with van der Waals surface area (Å²) in [6, 6.07) is 6.09. The van der Waals surface area contributed by atoms with Gasteiger partial charge in [0, 0.05) is 12.6 Å². The molecule has 0 spiro atoms. The number of nitrogens with zero attached hydrogens (tertiary/aromatic N) is 3. The quantitative estimate of drug-likeness (QED) is 0.797. The van der Waals surface area contributed by atoms with Crippen molar-refractivity contribution in [2.45, 2.75) is 6.42 Å². The van der Waals surface area contributed by atoms with Crippen LogP contribution in [0.2, 0.25) is 0 Å². The maximum absolute atomic E-state index is 12.8. The van der Waals surface area contributed by atoms with E-state index in [-0.39, 0.29) is 10.7 Å². The summed E-state index contributed by atoms with van der Waals surface area (Å²) >= 11 is 1.07. The van der Waals surface area contributed by atoms with E-state index in [4.69, 9.17) is 5.11 Å². The standard InChI is InChI=1S/C12H8FN3O2S/c13-8-3-1-7(2-4-8)5-10-14-15-12-16(10)6-9(19-12)11(17)18/h1-4,6H,5H2,(H,17,18). The summed E-state index contributed by atoms with van der Waals surface area (Å²) in [4.78, 5) is 11.6. The molecule has 3 rings (SSSR count). The molecule has 0 aliphatic heterocycles. The van der Waals surface area contributed by atoms with Gasteiger partial charge in [-0.25, -0.2) is 9.18 Å². The van der Waals surface area contributed by atoms with Crippen molar-refractivity contribution in [3.8, 4) is 0 Å². The van der Waals surface area contributed by atoms with Gasteiger partial charge in [-0.3, -0.25) is 4.40 Å². The van der Waals surface area contributed by atoms with Crippen LogP contribution in [0, 0.1) is 5.82 Å². The average Bonchev–Trinajstić information content (AvgIpc) is 2.94. The van der Waals surface area contributed by atoms with Crippen LogP contribution in [-0.4, -0.2) is 25.7 Å². The Balaban J connectivity index is 1.96. The van der Waals surface area contributed by atoms with Gasteiger partial charge in [0.05, 0.1) is 0 Å². The number of halogens is 1. The molecular weight excluding hydrogens is 269 g/mol. The topological polar surface area (TPSA) is 67.5 Å². The van der Waals surface area contributed by atoms with Crippen LogP contribution >= 0.6 is 11.3 Å². The van der Waals surface area contributed by atoms with E-state index in [1.165, 1.54) is 18.3 Å². The van der Waals surface area contributed by atoms with Crippen molar-refractivity contribution in [3.63, 3.8) is 0 Å². The van der Waals surface area contributed by atoms with Crippen molar-refractivity contribution in [1.29, 1.82) is 0 Å². The number of benzene rings is 1. The summed E-state index contributed by atoms with van der Waals surface area (Å²) in [5.74, 6) is -0.646. The Bertz CT molecular complexity index is 748. The molecule has 0 fully saturated rings. The molecule has 3 aromatic rings. The first-order chi connectivity index (χ1) is 9.13. The molecule has 2 heterocycles. The predicted molar refractivity (Wildman–Crippen MR) is 67.0 cm³/mol. The second-order valence-electron chi connectivity index (χ2n) is 3.97. The van der Waals surface area contributed by atoms with Crippen LogP contribution in [0.3, 0.4) is 0 Å². The molecule has 0 atom stereocenters. The number of carbonyl (C=O) groups is 1. The van der Waals surface area contributed by atoms with Gasteiger partial charge in [0.1, 0.15) is 16.5 Å². The Labute approximate surface area is 111 Å². The molecule has 0 radical (unpaired) electrons. The molecule has 1 N–H and O–H groups in total. The summed E-state index contributed by atoms with van der Waals surface area (Å²) in [7, 11) is 0. The molecule has 0 saturated heterocycles. The maximum Gasteiger partial charge on any atom is 0.347 e. The van der Waals surface area contributed by atoms with Crippen molar-refractivity contribution in [2.75, 3.05) is 0 Å². The Hall–Kier alpha value is -2.28. The van der Waals surface area contributed by atoms with Crippen LogP contribution in [0.25, 0.3) is 4.96 Å². The highest BCUT2D eigenvalue weighted by Crippen LogP contribution is 2.19. The van der Waals surface area contributed by atoms with Gasteiger partial charge >= 0.3 is 5.97 Å². The number of hydrogen-bond acceptors (Lipinski definition) is 4. The second-order valence-corrected chi connectivity index (χ2v) is 4.98. The fourth-order valence-electron chi connectivity index (χ4n) is 1.75. The van der Waals surface area contributed by atoms with Crippen molar-refractivity contribution in [3.05, 3.63) is 52.5 Å². The molecule has 0 unspecified atom stereocenters. The third-order valence-electron chi connectivity index (χ3n) is 2.67. The van der Waals surface area contributed by atoms with Crippen molar-refractivity contribution < 1.29 is 14.3 Å². The lowest BCUT2D eigenvalue weighted by Gasteiger charge is -1.98. The highest BCUT2D eigenvalue weighted by Gasteiger charge is 2.14. The number of aromatic carboxylic acids is 1. The lowest BCUT2D eigenvalue weighted by atomic mass is 10.1. The molecule has 96 valence electrons. The van der Waals surface area contributed by atoms with E-state index in [0.717, 1.165) is 16.9 Å². The first-order valence-corrected chi connectivity index (χ1v) is 6.26. The Kier molecular flexibility index (Phi) is 2.75. The van der Waals surface area contributed by atoms with E-state index < -0.39 is 5.97 Å². The van der Waals surface area contributed by atoms with Gasteiger partial charge in [-0.2, -0.15) is 0 Å². The number of fused-ring (bicyclic) bond motifs is 1. The first-order valence-electron chi connectivity index (χ1n) is 5.44. The van der Waals surface area contributed by atoms with Crippen LogP contribution in [0.4, 0.5) is 4.39 Å². The van der Waals surface area contributed by atoms with Crippen LogP contribution in [-0.2, 0) is 6.42 Å². The first kappa shape index (κ1) is 11.8. The molecule has 7 heteroatoms. The summed E-state index contributed by atoms with van der Waals surface area (Å²) in [5.41, 5.74) is 0.888. The van der Waals surface area contributed by atoms with Gasteiger partial charge in [0.15, 0.2) is 0 Å². The second kappa shape index (κ2) is 4.43. The molecule has 0 aliphatic carbocycles. The van der Waals surface area contributed by atoms with E-state index in [0.29, 0.717) is 17.2 Å². The predicted octanol–water partition coefficient (Wildman–Crippen LogP) is 2.22.